The Kier molecular flexibility index (Phi) is 25.9. The van der Waals surface area contributed by atoms with Crippen LogP contribution in [-0.2, 0) is 42.9 Å². The van der Waals surface area contributed by atoms with Gasteiger partial charge in [0.1, 0.15) is 12.2 Å². The number of amides is 1. The minimum Gasteiger partial charge on any atom is -0.548 e. The maximum Gasteiger partial charge on any atom is 1.00 e. The number of methoxy groups -OCH3 is 3. The number of nitrogens with zero attached hydrogens (tertiary/aromatic N) is 1. The van der Waals surface area contributed by atoms with Crippen LogP contribution in [0.3, 0.4) is 0 Å². The second-order valence-electron chi connectivity index (χ2n) is 19.0. The van der Waals surface area contributed by atoms with Crippen molar-refractivity contribution < 1.29 is 92.9 Å². The van der Waals surface area contributed by atoms with Gasteiger partial charge >= 0.3 is 29.6 Å². The molecular weight excluding hydrogens is 858 g/mol. The van der Waals surface area contributed by atoms with Crippen molar-refractivity contribution in [2.24, 2.45) is 35.5 Å². The minimum absolute atomic E-state index is 0. The van der Waals surface area contributed by atoms with Crippen LogP contribution in [0.1, 0.15) is 119 Å². The molecule has 0 aromatic rings. The molecule has 0 radical (unpaired) electrons. The molecule has 3 N–H and O–H groups in total. The van der Waals surface area contributed by atoms with E-state index in [1.807, 2.05) is 57.2 Å². The maximum absolute atomic E-state index is 13.5. The molecule has 366 valence electrons. The first-order valence-corrected chi connectivity index (χ1v) is 23.5. The Balaban J connectivity index is 0.0000150. The number of hydrogen-bond donors (Lipinski definition) is 3. The summed E-state index contributed by atoms with van der Waals surface area (Å²) in [7, 11) is 4.57. The standard InChI is InChI=1S/C51H79NO13.Na/c1-31(26-35(5)45(55)47(64-10)46(56)36(6)28-34(4)41(53)23-19-32(2)27-38-21-24-42(54)44(29-38)63-9)16-12-11-13-17-33(3)43(62-8)30-39-22-20-37(7)51(61,65-39)48(57)49(58)52-25-15-14-18-40(52)50(59)60;/h11-13,16-17,19,23,28,31-32,34-35,37-40,42-44,46-47,54,56,61H,14-15,18,20-22,24-27,29-30H2,1-10H3,(H,59,60);/q;+1/p-1/b13-11+,16-12+,23-19+,33-17?,36-28+;/t31-,32+,34-,35-,37-,38+,39+,40+,42-,43+,44-,46-,47+,51-;/m1./s1. The molecule has 1 saturated carbocycles. The number of carbonyl (C=O) groups is 5. The van der Waals surface area contributed by atoms with Crippen molar-refractivity contribution in [2.75, 3.05) is 27.9 Å². The Hall–Kier alpha value is -2.63. The number of carboxylic acid groups (broad SMARTS) is 1. The van der Waals surface area contributed by atoms with Gasteiger partial charge in [0, 0.05) is 52.0 Å². The van der Waals surface area contributed by atoms with Crippen LogP contribution in [0, 0.1) is 35.5 Å². The van der Waals surface area contributed by atoms with Crippen LogP contribution >= 0.6 is 0 Å². The van der Waals surface area contributed by atoms with E-state index in [0.717, 1.165) is 29.7 Å². The van der Waals surface area contributed by atoms with Crippen LogP contribution in [0.25, 0.3) is 0 Å². The number of allylic oxidation sites excluding steroid dienone is 8. The number of hydrogen-bond acceptors (Lipinski definition) is 13. The summed E-state index contributed by atoms with van der Waals surface area (Å²) in [5.41, 5.74) is 1.34. The Morgan fingerprint density at radius 1 is 0.879 bits per heavy atom. The van der Waals surface area contributed by atoms with Gasteiger partial charge in [0.2, 0.25) is 5.79 Å². The van der Waals surface area contributed by atoms with E-state index < -0.39 is 77.8 Å². The quantitative estimate of drug-likeness (QED) is 0.0418. The smallest absolute Gasteiger partial charge is 0.548 e. The van der Waals surface area contributed by atoms with E-state index in [9.17, 15) is 44.4 Å². The molecule has 14 atom stereocenters. The SMILES string of the molecule is CO[C@@H](C[C@@H]1CC[C@@H](C)[C@](O)(C(=O)C(=O)N2CCCC[C@H]2C(=O)[O-])O1)C(C)=C/C=C/C=C/[C@@H](C)C[C@@H](C)C(=O)[C@H](OC)[C@H](O)/C(C)=C/[C@@H](C)C(=O)/C=C/[C@H](C)C[C@@H]1CC[C@@H](O)[C@H](OC)C1.[Na+]. The third-order valence-corrected chi connectivity index (χ3v) is 13.7. The van der Waals surface area contributed by atoms with Crippen LogP contribution in [-0.4, -0.2) is 126 Å². The number of aliphatic carboxylic acids is 1. The first kappa shape index (κ1) is 59.5. The second-order valence-corrected chi connectivity index (χ2v) is 19.0. The predicted octanol–water partition coefficient (Wildman–Crippen LogP) is 2.18. The van der Waals surface area contributed by atoms with E-state index >= 15 is 0 Å². The van der Waals surface area contributed by atoms with Gasteiger partial charge in [0.05, 0.1) is 36.4 Å². The van der Waals surface area contributed by atoms with Crippen LogP contribution in [0.2, 0.25) is 0 Å². The van der Waals surface area contributed by atoms with Crippen molar-refractivity contribution >= 4 is 29.2 Å². The third kappa shape index (κ3) is 17.1. The van der Waals surface area contributed by atoms with E-state index in [1.54, 1.807) is 47.1 Å². The average molecular weight is 936 g/mol. The van der Waals surface area contributed by atoms with Crippen LogP contribution < -0.4 is 34.7 Å². The van der Waals surface area contributed by atoms with Gasteiger partial charge in [-0.05, 0) is 113 Å². The number of piperidine rings is 1. The predicted molar refractivity (Wildman–Crippen MR) is 245 cm³/mol. The summed E-state index contributed by atoms with van der Waals surface area (Å²) < 4.78 is 22.6. The Morgan fingerprint density at radius 2 is 1.58 bits per heavy atom. The molecule has 0 spiro atoms. The van der Waals surface area contributed by atoms with Crippen molar-refractivity contribution in [1.29, 1.82) is 0 Å². The van der Waals surface area contributed by atoms with Crippen molar-refractivity contribution in [3.8, 4) is 0 Å². The summed E-state index contributed by atoms with van der Waals surface area (Å²) in [4.78, 5) is 65.8. The molecular formula is C51H78NNaO13. The minimum atomic E-state index is -2.40. The van der Waals surface area contributed by atoms with E-state index in [2.05, 4.69) is 6.92 Å². The van der Waals surface area contributed by atoms with E-state index in [1.165, 1.54) is 7.11 Å². The van der Waals surface area contributed by atoms with Crippen LogP contribution in [0.4, 0.5) is 0 Å². The number of Topliss-reactive ketones (excluding diaryl/α,β-unsaturated/α-hetero) is 2. The average Bonchev–Trinajstić information content (AvgIpc) is 3.28. The first-order valence-electron chi connectivity index (χ1n) is 23.5. The second kappa shape index (κ2) is 28.8. The first-order chi connectivity index (χ1) is 30.7. The summed E-state index contributed by atoms with van der Waals surface area (Å²) in [6, 6.07) is -1.23. The number of ketones is 3. The van der Waals surface area contributed by atoms with Gasteiger partial charge in [0.25, 0.3) is 11.7 Å². The normalized spacial score (nSPS) is 28.9. The molecule has 2 aliphatic heterocycles. The summed E-state index contributed by atoms with van der Waals surface area (Å²) in [5, 5.41) is 44.4. The van der Waals surface area contributed by atoms with Crippen molar-refractivity contribution in [2.45, 2.75) is 168 Å². The molecule has 15 heteroatoms. The van der Waals surface area contributed by atoms with Gasteiger partial charge in [-0.2, -0.15) is 0 Å². The van der Waals surface area contributed by atoms with Gasteiger partial charge < -0.3 is 49.1 Å². The molecule has 1 amide bonds. The molecule has 0 unspecified atom stereocenters. The Bertz CT molecular complexity index is 1760. The molecule has 1 aliphatic carbocycles. The van der Waals surface area contributed by atoms with Gasteiger partial charge in [-0.1, -0.05) is 77.2 Å². The Labute approximate surface area is 415 Å². The number of likely N-dealkylation sites (tertiary alicyclic amines) is 1. The largest absolute Gasteiger partial charge is 1.00 e. The number of aliphatic hydroxyl groups is 3. The number of aliphatic hydroxyl groups excluding tert-OH is 2. The summed E-state index contributed by atoms with van der Waals surface area (Å²) >= 11 is 0. The fourth-order valence-electron chi connectivity index (χ4n) is 9.47. The topological polar surface area (TPSA) is 209 Å². The van der Waals surface area contributed by atoms with E-state index in [4.69, 9.17) is 18.9 Å². The zero-order valence-corrected chi connectivity index (χ0v) is 43.5. The molecule has 14 nitrogen and oxygen atoms in total. The van der Waals surface area contributed by atoms with E-state index in [-0.39, 0.29) is 72.0 Å². The van der Waals surface area contributed by atoms with Gasteiger partial charge in [-0.3, -0.25) is 19.2 Å². The molecule has 3 rings (SSSR count). The molecule has 0 aromatic heterocycles. The summed E-state index contributed by atoms with van der Waals surface area (Å²) in [6.07, 6.45) is 17.1. The Morgan fingerprint density at radius 3 is 2.21 bits per heavy atom. The number of carboxylic acids is 1. The molecule has 66 heavy (non-hydrogen) atoms. The summed E-state index contributed by atoms with van der Waals surface area (Å²) in [6.45, 7) is 12.9. The van der Waals surface area contributed by atoms with E-state index in [0.29, 0.717) is 56.4 Å². The third-order valence-electron chi connectivity index (χ3n) is 13.7. The van der Waals surface area contributed by atoms with Crippen LogP contribution in [0.15, 0.2) is 59.8 Å². The van der Waals surface area contributed by atoms with Gasteiger partial charge in [-0.25, -0.2) is 0 Å². The monoisotopic (exact) mass is 936 g/mol. The van der Waals surface area contributed by atoms with Crippen molar-refractivity contribution in [3.63, 3.8) is 0 Å². The van der Waals surface area contributed by atoms with Gasteiger partial charge in [-0.15, -0.1) is 0 Å². The molecule has 2 saturated heterocycles. The number of rotatable bonds is 24. The molecule has 0 bridgehead atoms. The fourth-order valence-corrected chi connectivity index (χ4v) is 9.47. The van der Waals surface area contributed by atoms with Crippen LogP contribution in [0.5, 0.6) is 0 Å². The fraction of sp³-hybridized carbons (Fsp3) is 0.706. The molecule has 2 heterocycles. The van der Waals surface area contributed by atoms with Gasteiger partial charge in [0.15, 0.2) is 11.6 Å². The van der Waals surface area contributed by atoms with Crippen molar-refractivity contribution in [3.05, 3.63) is 59.8 Å². The number of ether oxygens (including phenoxy) is 4. The summed E-state index contributed by atoms with van der Waals surface area (Å²) in [5.74, 6) is -7.43. The number of carbonyl (C=O) groups excluding carboxylic acids is 5. The zero-order valence-electron chi connectivity index (χ0n) is 41.5. The zero-order chi connectivity index (χ0) is 48.6. The maximum atomic E-state index is 13.5. The molecule has 3 fully saturated rings. The molecule has 3 aliphatic rings. The molecule has 0 aromatic carbocycles. The van der Waals surface area contributed by atoms with Crippen molar-refractivity contribution in [1.82, 2.24) is 4.90 Å².